The molecule has 1 aromatic rings. The molecule has 0 radical (unpaired) electrons. The molecule has 5 heteroatoms. The van der Waals surface area contributed by atoms with Gasteiger partial charge in [-0.3, -0.25) is 14.2 Å². The molecule has 0 amide bonds. The summed E-state index contributed by atoms with van der Waals surface area (Å²) < 4.78 is 6.00. The first-order valence-corrected chi connectivity index (χ1v) is 4.41. The molecular weight excluding hydrogens is 178 g/mol. The number of esters is 1. The van der Waals surface area contributed by atoms with Crippen LogP contribution in [0.2, 0.25) is 0 Å². The second-order valence-corrected chi connectivity index (χ2v) is 2.96. The minimum absolute atomic E-state index is 0.0101. The second-order valence-electron chi connectivity index (χ2n) is 2.10. The van der Waals surface area contributed by atoms with Crippen LogP contribution in [0.15, 0.2) is 16.4 Å². The second kappa shape index (κ2) is 4.06. The van der Waals surface area contributed by atoms with Gasteiger partial charge in [-0.15, -0.1) is 0 Å². The smallest absolute Gasteiger partial charge is 0.326 e. The summed E-state index contributed by atoms with van der Waals surface area (Å²) in [7, 11) is 0. The van der Waals surface area contributed by atoms with E-state index in [1.165, 1.54) is 4.57 Å². The van der Waals surface area contributed by atoms with E-state index in [1.54, 1.807) is 18.5 Å². The fourth-order valence-corrected chi connectivity index (χ4v) is 1.34. The van der Waals surface area contributed by atoms with Crippen LogP contribution in [-0.2, 0) is 16.1 Å². The van der Waals surface area contributed by atoms with Gasteiger partial charge in [0.25, 0.3) is 0 Å². The Balaban J connectivity index is 2.58. The van der Waals surface area contributed by atoms with E-state index < -0.39 is 0 Å². The normalized spacial score (nSPS) is 9.75. The quantitative estimate of drug-likeness (QED) is 0.646. The highest BCUT2D eigenvalue weighted by Gasteiger charge is 2.04. The highest BCUT2D eigenvalue weighted by atomic mass is 32.1. The van der Waals surface area contributed by atoms with E-state index in [4.69, 9.17) is 0 Å². The van der Waals surface area contributed by atoms with Crippen LogP contribution in [0.5, 0.6) is 0 Å². The van der Waals surface area contributed by atoms with Crippen LogP contribution >= 0.6 is 11.3 Å². The minimum Gasteiger partial charge on any atom is -0.465 e. The van der Waals surface area contributed by atoms with Crippen molar-refractivity contribution in [1.29, 1.82) is 0 Å². The number of rotatable bonds is 3. The van der Waals surface area contributed by atoms with Gasteiger partial charge < -0.3 is 4.74 Å². The van der Waals surface area contributed by atoms with Gasteiger partial charge in [0.2, 0.25) is 0 Å². The first-order valence-electron chi connectivity index (χ1n) is 3.53. The van der Waals surface area contributed by atoms with Crippen LogP contribution < -0.4 is 4.87 Å². The molecule has 0 bridgehead atoms. The molecule has 0 aromatic carbocycles. The van der Waals surface area contributed by atoms with E-state index in [9.17, 15) is 9.59 Å². The number of hydrogen-bond donors (Lipinski definition) is 0. The summed E-state index contributed by atoms with van der Waals surface area (Å²) in [6.07, 6.45) is 1.57. The molecule has 0 saturated heterocycles. The van der Waals surface area contributed by atoms with Gasteiger partial charge in [0.15, 0.2) is 0 Å². The number of hydrogen-bond acceptors (Lipinski definition) is 4. The van der Waals surface area contributed by atoms with Crippen molar-refractivity contribution >= 4 is 17.3 Å². The maximum atomic E-state index is 10.9. The van der Waals surface area contributed by atoms with Crippen LogP contribution in [-0.4, -0.2) is 17.1 Å². The largest absolute Gasteiger partial charge is 0.465 e. The lowest BCUT2D eigenvalue weighted by molar-refractivity contribution is -0.143. The molecule has 0 unspecified atom stereocenters. The molecule has 0 spiro atoms. The zero-order chi connectivity index (χ0) is 8.97. The van der Waals surface area contributed by atoms with E-state index in [1.807, 2.05) is 0 Å². The Morgan fingerprint density at radius 1 is 1.75 bits per heavy atom. The van der Waals surface area contributed by atoms with Gasteiger partial charge in [-0.05, 0) is 6.92 Å². The monoisotopic (exact) mass is 187 g/mol. The fourth-order valence-electron chi connectivity index (χ4n) is 0.754. The summed E-state index contributed by atoms with van der Waals surface area (Å²) in [6, 6.07) is 0. The topological polar surface area (TPSA) is 48.3 Å². The molecule has 66 valence electrons. The Labute approximate surface area is 73.4 Å². The zero-order valence-electron chi connectivity index (χ0n) is 6.65. The Kier molecular flexibility index (Phi) is 3.04. The third kappa shape index (κ3) is 2.20. The lowest BCUT2D eigenvalue weighted by Gasteiger charge is -2.00. The molecule has 4 nitrogen and oxygen atoms in total. The molecule has 0 atom stereocenters. The van der Waals surface area contributed by atoms with Gasteiger partial charge in [0.05, 0.1) is 6.61 Å². The lowest BCUT2D eigenvalue weighted by Crippen LogP contribution is -2.20. The van der Waals surface area contributed by atoms with Crippen LogP contribution in [0.25, 0.3) is 0 Å². The zero-order valence-corrected chi connectivity index (χ0v) is 7.47. The number of carbonyl (C=O) groups excluding carboxylic acids is 1. The van der Waals surface area contributed by atoms with Crippen LogP contribution in [0.3, 0.4) is 0 Å². The van der Waals surface area contributed by atoms with E-state index >= 15 is 0 Å². The average Bonchev–Trinajstić information content (AvgIpc) is 2.37. The number of ether oxygens (including phenoxy) is 1. The van der Waals surface area contributed by atoms with Gasteiger partial charge in [-0.25, -0.2) is 0 Å². The summed E-state index contributed by atoms with van der Waals surface area (Å²) in [4.78, 5) is 21.7. The number of carbonyl (C=O) groups is 1. The maximum absolute atomic E-state index is 10.9. The Morgan fingerprint density at radius 3 is 3.00 bits per heavy atom. The summed E-state index contributed by atoms with van der Waals surface area (Å²) in [5.41, 5.74) is 0. The Bertz CT molecular complexity index is 314. The summed E-state index contributed by atoms with van der Waals surface area (Å²) in [5, 5.41) is 1.64. The van der Waals surface area contributed by atoms with Gasteiger partial charge in [-0.1, -0.05) is 11.3 Å². The van der Waals surface area contributed by atoms with Gasteiger partial charge >= 0.3 is 10.8 Å². The number of nitrogens with zero attached hydrogens (tertiary/aromatic N) is 1. The maximum Gasteiger partial charge on any atom is 0.326 e. The molecule has 0 fully saturated rings. The Morgan fingerprint density at radius 2 is 2.50 bits per heavy atom. The molecule has 12 heavy (non-hydrogen) atoms. The van der Waals surface area contributed by atoms with Crippen molar-refractivity contribution in [2.75, 3.05) is 6.61 Å². The molecule has 0 N–H and O–H groups in total. The van der Waals surface area contributed by atoms with Crippen molar-refractivity contribution in [3.8, 4) is 0 Å². The van der Waals surface area contributed by atoms with Crippen molar-refractivity contribution in [3.05, 3.63) is 21.2 Å². The van der Waals surface area contributed by atoms with E-state index in [0.29, 0.717) is 6.61 Å². The predicted molar refractivity (Wildman–Crippen MR) is 45.2 cm³/mol. The molecule has 0 aliphatic rings. The van der Waals surface area contributed by atoms with Gasteiger partial charge in [-0.2, -0.15) is 0 Å². The van der Waals surface area contributed by atoms with Crippen molar-refractivity contribution in [2.24, 2.45) is 0 Å². The molecule has 0 aliphatic carbocycles. The van der Waals surface area contributed by atoms with Crippen LogP contribution in [0.1, 0.15) is 6.92 Å². The molecular formula is C7H9NO3S. The van der Waals surface area contributed by atoms with E-state index in [-0.39, 0.29) is 17.4 Å². The summed E-state index contributed by atoms with van der Waals surface area (Å²) >= 11 is 1.06. The van der Waals surface area contributed by atoms with Crippen molar-refractivity contribution in [3.63, 3.8) is 0 Å². The molecule has 0 aliphatic heterocycles. The van der Waals surface area contributed by atoms with Gasteiger partial charge in [0, 0.05) is 11.6 Å². The molecule has 1 rings (SSSR count). The summed E-state index contributed by atoms with van der Waals surface area (Å²) in [5.74, 6) is -0.377. The lowest BCUT2D eigenvalue weighted by atomic mass is 10.6. The van der Waals surface area contributed by atoms with Crippen molar-refractivity contribution < 1.29 is 9.53 Å². The standard InChI is InChI=1S/C7H9NO3S/c1-2-11-6(9)5-8-3-4-12-7(8)10/h3-4H,2,5H2,1H3. The van der Waals surface area contributed by atoms with Crippen LogP contribution in [0.4, 0.5) is 0 Å². The third-order valence-electron chi connectivity index (χ3n) is 1.25. The average molecular weight is 187 g/mol. The van der Waals surface area contributed by atoms with Crippen molar-refractivity contribution in [1.82, 2.24) is 4.57 Å². The predicted octanol–water partition coefficient (Wildman–Crippen LogP) is 0.473. The molecule has 1 aromatic heterocycles. The molecule has 0 saturated carbocycles. The highest BCUT2D eigenvalue weighted by molar-refractivity contribution is 7.07. The van der Waals surface area contributed by atoms with Crippen molar-refractivity contribution in [2.45, 2.75) is 13.5 Å². The van der Waals surface area contributed by atoms with Gasteiger partial charge in [0.1, 0.15) is 6.54 Å². The molecule has 1 heterocycles. The SMILES string of the molecule is CCOC(=O)Cn1ccsc1=O. The fraction of sp³-hybridized carbons (Fsp3) is 0.429. The first kappa shape index (κ1) is 8.99. The number of aromatic nitrogens is 1. The van der Waals surface area contributed by atoms with E-state index in [2.05, 4.69) is 4.74 Å². The first-order chi connectivity index (χ1) is 5.74. The third-order valence-corrected chi connectivity index (χ3v) is 1.94. The summed E-state index contributed by atoms with van der Waals surface area (Å²) in [6.45, 7) is 2.09. The van der Waals surface area contributed by atoms with E-state index in [0.717, 1.165) is 11.3 Å². The Hall–Kier alpha value is -1.10. The minimum atomic E-state index is -0.377. The highest BCUT2D eigenvalue weighted by Crippen LogP contribution is 1.90. The van der Waals surface area contributed by atoms with Crippen LogP contribution in [0, 0.1) is 0 Å². The number of thiazole rings is 1.